The highest BCUT2D eigenvalue weighted by molar-refractivity contribution is 7.92. The van der Waals surface area contributed by atoms with Crippen molar-refractivity contribution in [3.8, 4) is 5.75 Å². The average molecular weight is 488 g/mol. The number of sulfonamides is 1. The molecule has 0 aliphatic carbocycles. The van der Waals surface area contributed by atoms with Gasteiger partial charge in [0.05, 0.1) is 22.6 Å². The standard InChI is InChI=1S/C23H28F3NO5S/c1-4-5-6-13-33(30,31)27(16(2)3)20-12-11-19(23(24,25)26)14-21(20)32-15-17-7-9-18(10-8-17)22(28)29/h7-12,14,16H,4-6,13,15H2,1-3H3,(H,28,29). The van der Waals surface area contributed by atoms with Crippen LogP contribution in [0.1, 0.15) is 61.5 Å². The first kappa shape index (κ1) is 26.5. The van der Waals surface area contributed by atoms with Gasteiger partial charge in [-0.3, -0.25) is 4.31 Å². The molecular weight excluding hydrogens is 459 g/mol. The van der Waals surface area contributed by atoms with Crippen LogP contribution in [0.3, 0.4) is 0 Å². The second-order valence-corrected chi connectivity index (χ2v) is 9.85. The molecule has 0 unspecified atom stereocenters. The van der Waals surface area contributed by atoms with Gasteiger partial charge >= 0.3 is 12.1 Å². The van der Waals surface area contributed by atoms with Gasteiger partial charge in [0.15, 0.2) is 0 Å². The van der Waals surface area contributed by atoms with Gasteiger partial charge in [0, 0.05) is 6.04 Å². The fraction of sp³-hybridized carbons (Fsp3) is 0.435. The van der Waals surface area contributed by atoms with E-state index in [2.05, 4.69) is 0 Å². The number of anilines is 1. The first-order valence-corrected chi connectivity index (χ1v) is 12.2. The highest BCUT2D eigenvalue weighted by Crippen LogP contribution is 2.39. The number of unbranched alkanes of at least 4 members (excludes halogenated alkanes) is 2. The number of carboxylic acids is 1. The molecule has 0 saturated carbocycles. The fourth-order valence-corrected chi connectivity index (χ4v) is 5.13. The minimum atomic E-state index is -4.64. The van der Waals surface area contributed by atoms with E-state index in [0.717, 1.165) is 28.9 Å². The van der Waals surface area contributed by atoms with Gasteiger partial charge in [0.2, 0.25) is 10.0 Å². The Morgan fingerprint density at radius 1 is 1.09 bits per heavy atom. The molecule has 0 aliphatic heterocycles. The summed E-state index contributed by atoms with van der Waals surface area (Å²) in [7, 11) is -3.81. The molecule has 6 nitrogen and oxygen atoms in total. The molecular formula is C23H28F3NO5S. The minimum absolute atomic E-state index is 0.0247. The molecule has 33 heavy (non-hydrogen) atoms. The third-order valence-corrected chi connectivity index (χ3v) is 6.92. The summed E-state index contributed by atoms with van der Waals surface area (Å²) >= 11 is 0. The lowest BCUT2D eigenvalue weighted by atomic mass is 10.1. The van der Waals surface area contributed by atoms with Crippen LogP contribution in [0.25, 0.3) is 0 Å². The van der Waals surface area contributed by atoms with Gasteiger partial charge in [-0.05, 0) is 56.2 Å². The summed E-state index contributed by atoms with van der Waals surface area (Å²) in [4.78, 5) is 11.0. The van der Waals surface area contributed by atoms with Gasteiger partial charge in [-0.1, -0.05) is 31.9 Å². The number of ether oxygens (including phenoxy) is 1. The van der Waals surface area contributed by atoms with E-state index in [9.17, 15) is 26.4 Å². The summed E-state index contributed by atoms with van der Waals surface area (Å²) in [5.74, 6) is -1.46. The number of rotatable bonds is 11. The normalized spacial score (nSPS) is 12.1. The first-order chi connectivity index (χ1) is 15.4. The monoisotopic (exact) mass is 487 g/mol. The number of nitrogens with zero attached hydrogens (tertiary/aromatic N) is 1. The predicted octanol–water partition coefficient (Wildman–Crippen LogP) is 5.72. The molecule has 0 fully saturated rings. The largest absolute Gasteiger partial charge is 0.487 e. The van der Waals surface area contributed by atoms with Crippen LogP contribution in [0, 0.1) is 0 Å². The van der Waals surface area contributed by atoms with Crippen molar-refractivity contribution in [3.63, 3.8) is 0 Å². The average Bonchev–Trinajstić information content (AvgIpc) is 2.72. The maximum absolute atomic E-state index is 13.3. The third kappa shape index (κ3) is 7.12. The SMILES string of the molecule is CCCCCS(=O)(=O)N(c1ccc(C(F)(F)F)cc1OCc1ccc(C(=O)O)cc1)C(C)C. The summed E-state index contributed by atoms with van der Waals surface area (Å²) in [6.45, 7) is 5.06. The molecule has 2 aromatic rings. The smallest absolute Gasteiger partial charge is 0.416 e. The van der Waals surface area contributed by atoms with Crippen LogP contribution < -0.4 is 9.04 Å². The minimum Gasteiger partial charge on any atom is -0.487 e. The number of hydrogen-bond acceptors (Lipinski definition) is 4. The van der Waals surface area contributed by atoms with Crippen molar-refractivity contribution < 1.29 is 36.2 Å². The molecule has 182 valence electrons. The number of carbonyl (C=O) groups is 1. The molecule has 0 aromatic heterocycles. The number of aromatic carboxylic acids is 1. The Bertz CT molecular complexity index is 1050. The van der Waals surface area contributed by atoms with Crippen molar-refractivity contribution in [3.05, 3.63) is 59.2 Å². The van der Waals surface area contributed by atoms with E-state index in [1.165, 1.54) is 24.3 Å². The van der Waals surface area contributed by atoms with E-state index in [1.54, 1.807) is 13.8 Å². The summed E-state index contributed by atoms with van der Waals surface area (Å²) in [5, 5.41) is 8.99. The molecule has 0 aliphatic rings. The van der Waals surface area contributed by atoms with E-state index in [1.807, 2.05) is 6.92 Å². The number of hydrogen-bond donors (Lipinski definition) is 1. The van der Waals surface area contributed by atoms with Crippen molar-refractivity contribution in [1.29, 1.82) is 0 Å². The molecule has 2 rings (SSSR count). The molecule has 10 heteroatoms. The van der Waals surface area contributed by atoms with E-state index < -0.39 is 33.8 Å². The number of halogens is 3. The van der Waals surface area contributed by atoms with E-state index in [4.69, 9.17) is 9.84 Å². The quantitative estimate of drug-likeness (QED) is 0.410. The third-order valence-electron chi connectivity index (χ3n) is 4.89. The van der Waals surface area contributed by atoms with Gasteiger partial charge < -0.3 is 9.84 Å². The maximum Gasteiger partial charge on any atom is 0.416 e. The highest BCUT2D eigenvalue weighted by Gasteiger charge is 2.34. The molecule has 0 atom stereocenters. The zero-order chi connectivity index (χ0) is 24.8. The maximum atomic E-state index is 13.3. The van der Waals surface area contributed by atoms with Crippen molar-refractivity contribution in [1.82, 2.24) is 0 Å². The zero-order valence-electron chi connectivity index (χ0n) is 18.7. The lowest BCUT2D eigenvalue weighted by Gasteiger charge is -2.30. The summed E-state index contributed by atoms with van der Waals surface area (Å²) in [6.07, 6.45) is -2.66. The Morgan fingerprint density at radius 3 is 2.24 bits per heavy atom. The lowest BCUT2D eigenvalue weighted by Crippen LogP contribution is -2.39. The number of benzene rings is 2. The van der Waals surface area contributed by atoms with Crippen LogP contribution in [0.2, 0.25) is 0 Å². The van der Waals surface area contributed by atoms with Gasteiger partial charge in [-0.2, -0.15) is 13.2 Å². The molecule has 0 saturated heterocycles. The van der Waals surface area contributed by atoms with Gasteiger partial charge in [-0.15, -0.1) is 0 Å². The van der Waals surface area contributed by atoms with E-state index >= 15 is 0 Å². The second kappa shape index (κ2) is 10.9. The molecule has 0 heterocycles. The van der Waals surface area contributed by atoms with Crippen LogP contribution >= 0.6 is 0 Å². The number of alkyl halides is 3. The van der Waals surface area contributed by atoms with E-state index in [0.29, 0.717) is 18.4 Å². The van der Waals surface area contributed by atoms with Crippen LogP contribution in [0.15, 0.2) is 42.5 Å². The Kier molecular flexibility index (Phi) is 8.76. The summed E-state index contributed by atoms with van der Waals surface area (Å²) < 4.78 is 72.9. The highest BCUT2D eigenvalue weighted by atomic mass is 32.2. The molecule has 0 bridgehead atoms. The van der Waals surface area contributed by atoms with Gasteiger partial charge in [-0.25, -0.2) is 13.2 Å². The van der Waals surface area contributed by atoms with E-state index in [-0.39, 0.29) is 29.4 Å². The molecule has 2 aromatic carbocycles. The Balaban J connectivity index is 2.44. The fourth-order valence-electron chi connectivity index (χ4n) is 3.27. The zero-order valence-corrected chi connectivity index (χ0v) is 19.5. The molecule has 0 amide bonds. The van der Waals surface area contributed by atoms with Crippen LogP contribution in [0.5, 0.6) is 5.75 Å². The Labute approximate surface area is 192 Å². The molecule has 0 radical (unpaired) electrons. The van der Waals surface area contributed by atoms with Crippen molar-refractivity contribution >= 4 is 21.7 Å². The van der Waals surface area contributed by atoms with Gasteiger partial charge in [0.25, 0.3) is 0 Å². The lowest BCUT2D eigenvalue weighted by molar-refractivity contribution is -0.137. The van der Waals surface area contributed by atoms with Crippen LogP contribution in [0.4, 0.5) is 18.9 Å². The second-order valence-electron chi connectivity index (χ2n) is 7.88. The Hall–Kier alpha value is -2.75. The molecule has 0 spiro atoms. The first-order valence-electron chi connectivity index (χ1n) is 10.5. The van der Waals surface area contributed by atoms with Gasteiger partial charge in [0.1, 0.15) is 12.4 Å². The van der Waals surface area contributed by atoms with Crippen molar-refractivity contribution in [2.75, 3.05) is 10.1 Å². The predicted molar refractivity (Wildman–Crippen MR) is 120 cm³/mol. The number of carboxylic acid groups (broad SMARTS) is 1. The van der Waals surface area contributed by atoms with Crippen molar-refractivity contribution in [2.24, 2.45) is 0 Å². The topological polar surface area (TPSA) is 83.9 Å². The molecule has 1 N–H and O–H groups in total. The van der Waals surface area contributed by atoms with Crippen LogP contribution in [-0.4, -0.2) is 31.3 Å². The summed E-state index contributed by atoms with van der Waals surface area (Å²) in [6, 6.07) is 7.86. The van der Waals surface area contributed by atoms with Crippen LogP contribution in [-0.2, 0) is 22.8 Å². The van der Waals surface area contributed by atoms with Crippen molar-refractivity contribution in [2.45, 2.75) is 58.9 Å². The summed E-state index contributed by atoms with van der Waals surface area (Å²) in [5.41, 5.74) is -0.362. The Morgan fingerprint density at radius 2 is 1.73 bits per heavy atom.